The molecule has 0 bridgehead atoms. The third-order valence-corrected chi connectivity index (χ3v) is 3.73. The number of benzene rings is 2. The highest BCUT2D eigenvalue weighted by Crippen LogP contribution is 2.30. The van der Waals surface area contributed by atoms with Gasteiger partial charge in [-0.05, 0) is 61.9 Å². The maximum atomic E-state index is 12.7. The Hall–Kier alpha value is -3.89. The Morgan fingerprint density at radius 1 is 1.06 bits per heavy atom. The number of carbonyl (C=O) groups excluding carboxylic acids is 3. The number of hydrazone groups is 1. The predicted molar refractivity (Wildman–Crippen MR) is 111 cm³/mol. The summed E-state index contributed by atoms with van der Waals surface area (Å²) in [6.07, 6.45) is -3.32. The number of amides is 3. The van der Waals surface area contributed by atoms with Gasteiger partial charge in [0.05, 0.1) is 11.8 Å². The minimum Gasteiger partial charge on any atom is -0.484 e. The van der Waals surface area contributed by atoms with E-state index < -0.39 is 23.6 Å². The standard InChI is InChI=1S/C21H21F3N4O4/c1-13(2)26-18(29)12-32-17-8-6-14(7-9-17)11-25-28-20(31)19(30)27-16-5-3-4-15(10-16)21(22,23)24/h3-11,13H,12H2,1-2H3,(H,26,29)(H,27,30)(H,28,31)/b25-11-. The van der Waals surface area contributed by atoms with Crippen LogP contribution in [0, 0.1) is 0 Å². The van der Waals surface area contributed by atoms with Crippen LogP contribution in [-0.2, 0) is 20.6 Å². The summed E-state index contributed by atoms with van der Waals surface area (Å²) in [6, 6.07) is 10.3. The predicted octanol–water partition coefficient (Wildman–Crippen LogP) is 2.70. The van der Waals surface area contributed by atoms with Gasteiger partial charge in [-0.3, -0.25) is 14.4 Å². The molecule has 0 radical (unpaired) electrons. The Morgan fingerprint density at radius 3 is 2.38 bits per heavy atom. The molecule has 11 heteroatoms. The molecule has 8 nitrogen and oxygen atoms in total. The van der Waals surface area contributed by atoms with Crippen LogP contribution < -0.4 is 20.8 Å². The number of nitrogens with one attached hydrogen (secondary N) is 3. The smallest absolute Gasteiger partial charge is 0.416 e. The molecule has 0 heterocycles. The van der Waals surface area contributed by atoms with Crippen LogP contribution in [0.25, 0.3) is 0 Å². The highest BCUT2D eigenvalue weighted by molar-refractivity contribution is 6.39. The maximum Gasteiger partial charge on any atom is 0.416 e. The molecule has 32 heavy (non-hydrogen) atoms. The highest BCUT2D eigenvalue weighted by Gasteiger charge is 2.30. The molecule has 3 N–H and O–H groups in total. The van der Waals surface area contributed by atoms with Crippen LogP contribution >= 0.6 is 0 Å². The van der Waals surface area contributed by atoms with Crippen LogP contribution in [0.3, 0.4) is 0 Å². The first-order chi connectivity index (χ1) is 15.0. The molecule has 0 spiro atoms. The van der Waals surface area contributed by atoms with Crippen molar-refractivity contribution in [3.05, 3.63) is 59.7 Å². The minimum atomic E-state index is -4.58. The Balaban J connectivity index is 1.84. The van der Waals surface area contributed by atoms with E-state index in [1.807, 2.05) is 19.3 Å². The molecule has 0 aliphatic rings. The van der Waals surface area contributed by atoms with Crippen molar-refractivity contribution in [2.75, 3.05) is 11.9 Å². The van der Waals surface area contributed by atoms with Gasteiger partial charge >= 0.3 is 18.0 Å². The molecule has 0 unspecified atom stereocenters. The summed E-state index contributed by atoms with van der Waals surface area (Å²) in [5.41, 5.74) is 1.40. The summed E-state index contributed by atoms with van der Waals surface area (Å²) < 4.78 is 43.4. The number of halogens is 3. The fourth-order valence-corrected chi connectivity index (χ4v) is 2.34. The Kier molecular flexibility index (Phi) is 8.33. The SMILES string of the molecule is CC(C)NC(=O)COc1ccc(/C=N\NC(=O)C(=O)Nc2cccc(C(F)(F)F)c2)cc1. The zero-order valence-electron chi connectivity index (χ0n) is 17.2. The van der Waals surface area contributed by atoms with Crippen LogP contribution in [0.5, 0.6) is 5.75 Å². The molecule has 0 aromatic heterocycles. The second-order valence-corrected chi connectivity index (χ2v) is 6.81. The summed E-state index contributed by atoms with van der Waals surface area (Å²) in [5.74, 6) is -2.14. The van der Waals surface area contributed by atoms with Gasteiger partial charge in [0, 0.05) is 11.7 Å². The molecule has 2 aromatic rings. The van der Waals surface area contributed by atoms with Crippen LogP contribution in [0.1, 0.15) is 25.0 Å². The number of hydrogen-bond acceptors (Lipinski definition) is 5. The summed E-state index contributed by atoms with van der Waals surface area (Å²) >= 11 is 0. The van der Waals surface area contributed by atoms with E-state index in [1.165, 1.54) is 12.3 Å². The number of carbonyl (C=O) groups is 3. The zero-order valence-corrected chi connectivity index (χ0v) is 17.2. The number of rotatable bonds is 7. The van der Waals surface area contributed by atoms with Crippen LogP contribution in [0.15, 0.2) is 53.6 Å². The van der Waals surface area contributed by atoms with E-state index in [0.29, 0.717) is 17.4 Å². The van der Waals surface area contributed by atoms with Gasteiger partial charge in [-0.2, -0.15) is 18.3 Å². The summed E-state index contributed by atoms with van der Waals surface area (Å²) in [4.78, 5) is 35.2. The lowest BCUT2D eigenvalue weighted by atomic mass is 10.2. The zero-order chi connectivity index (χ0) is 23.7. The topological polar surface area (TPSA) is 109 Å². The molecular weight excluding hydrogens is 429 g/mol. The number of ether oxygens (including phenoxy) is 1. The summed E-state index contributed by atoms with van der Waals surface area (Å²) in [6.45, 7) is 3.53. The van der Waals surface area contributed by atoms with Crippen LogP contribution in [0.4, 0.5) is 18.9 Å². The van der Waals surface area contributed by atoms with E-state index in [-0.39, 0.29) is 24.2 Å². The molecule has 0 saturated carbocycles. The molecule has 0 aliphatic carbocycles. The lowest BCUT2D eigenvalue weighted by Gasteiger charge is -2.09. The largest absolute Gasteiger partial charge is 0.484 e. The van der Waals surface area contributed by atoms with E-state index >= 15 is 0 Å². The van der Waals surface area contributed by atoms with Gasteiger partial charge in [0.1, 0.15) is 5.75 Å². The number of alkyl halides is 3. The molecule has 0 saturated heterocycles. The van der Waals surface area contributed by atoms with E-state index in [4.69, 9.17) is 4.74 Å². The molecular formula is C21H21F3N4O4. The first-order valence-electron chi connectivity index (χ1n) is 9.38. The van der Waals surface area contributed by atoms with Gasteiger partial charge < -0.3 is 15.4 Å². The van der Waals surface area contributed by atoms with Gasteiger partial charge in [0.25, 0.3) is 5.91 Å². The Labute approximate surface area is 181 Å². The monoisotopic (exact) mass is 450 g/mol. The Bertz CT molecular complexity index is 989. The fourth-order valence-electron chi connectivity index (χ4n) is 2.34. The van der Waals surface area contributed by atoms with Gasteiger partial charge in [-0.15, -0.1) is 0 Å². The first kappa shape index (κ1) is 24.4. The van der Waals surface area contributed by atoms with Gasteiger partial charge in [0.2, 0.25) is 0 Å². The average molecular weight is 450 g/mol. The highest BCUT2D eigenvalue weighted by atomic mass is 19.4. The lowest BCUT2D eigenvalue weighted by Crippen LogP contribution is -2.34. The van der Waals surface area contributed by atoms with E-state index in [0.717, 1.165) is 12.1 Å². The lowest BCUT2D eigenvalue weighted by molar-refractivity contribution is -0.137. The van der Waals surface area contributed by atoms with E-state index in [1.54, 1.807) is 24.3 Å². The van der Waals surface area contributed by atoms with Crippen molar-refractivity contribution in [3.63, 3.8) is 0 Å². The van der Waals surface area contributed by atoms with Crippen molar-refractivity contribution < 1.29 is 32.3 Å². The van der Waals surface area contributed by atoms with Crippen molar-refractivity contribution in [2.24, 2.45) is 5.10 Å². The van der Waals surface area contributed by atoms with Gasteiger partial charge in [-0.1, -0.05) is 6.07 Å². The van der Waals surface area contributed by atoms with Gasteiger partial charge in [-0.25, -0.2) is 5.43 Å². The molecule has 0 aliphatic heterocycles. The van der Waals surface area contributed by atoms with Gasteiger partial charge in [0.15, 0.2) is 6.61 Å². The number of nitrogens with zero attached hydrogens (tertiary/aromatic N) is 1. The summed E-state index contributed by atoms with van der Waals surface area (Å²) in [5, 5.41) is 8.39. The second kappa shape index (κ2) is 10.9. The number of hydrogen-bond donors (Lipinski definition) is 3. The molecule has 3 amide bonds. The quantitative estimate of drug-likeness (QED) is 0.342. The maximum absolute atomic E-state index is 12.7. The first-order valence-corrected chi connectivity index (χ1v) is 9.38. The fraction of sp³-hybridized carbons (Fsp3) is 0.238. The molecule has 2 aromatic carbocycles. The molecule has 0 fully saturated rings. The average Bonchev–Trinajstić information content (AvgIpc) is 2.72. The number of anilines is 1. The third kappa shape index (κ3) is 8.09. The summed E-state index contributed by atoms with van der Waals surface area (Å²) in [7, 11) is 0. The second-order valence-electron chi connectivity index (χ2n) is 6.81. The molecule has 0 atom stereocenters. The van der Waals surface area contributed by atoms with Crippen molar-refractivity contribution in [1.29, 1.82) is 0 Å². The van der Waals surface area contributed by atoms with Crippen molar-refractivity contribution in [1.82, 2.24) is 10.7 Å². The van der Waals surface area contributed by atoms with Crippen molar-refractivity contribution in [3.8, 4) is 5.75 Å². The van der Waals surface area contributed by atoms with Crippen molar-refractivity contribution in [2.45, 2.75) is 26.1 Å². The van der Waals surface area contributed by atoms with E-state index in [9.17, 15) is 27.6 Å². The van der Waals surface area contributed by atoms with Crippen LogP contribution in [-0.4, -0.2) is 36.6 Å². The Morgan fingerprint density at radius 2 is 1.75 bits per heavy atom. The normalized spacial score (nSPS) is 11.3. The van der Waals surface area contributed by atoms with E-state index in [2.05, 4.69) is 15.7 Å². The third-order valence-electron chi connectivity index (χ3n) is 3.73. The van der Waals surface area contributed by atoms with Crippen LogP contribution in [0.2, 0.25) is 0 Å². The minimum absolute atomic E-state index is 0.00651. The molecule has 2 rings (SSSR count). The molecule has 170 valence electrons. The van der Waals surface area contributed by atoms with Crippen molar-refractivity contribution >= 4 is 29.6 Å².